The predicted octanol–water partition coefficient (Wildman–Crippen LogP) is 1.94. The number of benzene rings is 1. The molecule has 0 aliphatic rings. The van der Waals surface area contributed by atoms with Crippen molar-refractivity contribution in [2.45, 2.75) is 39.2 Å². The Kier molecular flexibility index (Phi) is 6.03. The van der Waals surface area contributed by atoms with Gasteiger partial charge in [0.25, 0.3) is 0 Å². The number of hydrogen-bond donors (Lipinski definition) is 3. The number of carbonyl (C=O) groups is 2. The predicted molar refractivity (Wildman–Crippen MR) is 75.4 cm³/mol. The average Bonchev–Trinajstić information content (AvgIpc) is 2.36. The zero-order valence-corrected chi connectivity index (χ0v) is 11.8. The van der Waals surface area contributed by atoms with Gasteiger partial charge in [0, 0.05) is 6.42 Å². The third-order valence-corrected chi connectivity index (χ3v) is 2.95. The third-order valence-electron chi connectivity index (χ3n) is 2.95. The van der Waals surface area contributed by atoms with Crippen LogP contribution in [0.15, 0.2) is 24.3 Å². The number of hydrogen-bond acceptors (Lipinski definition) is 3. The number of para-hydroxylation sites is 1. The van der Waals surface area contributed by atoms with E-state index >= 15 is 0 Å². The summed E-state index contributed by atoms with van der Waals surface area (Å²) < 4.78 is 0. The highest BCUT2D eigenvalue weighted by Crippen LogP contribution is 2.17. The van der Waals surface area contributed by atoms with Crippen LogP contribution in [0.1, 0.15) is 32.3 Å². The molecule has 0 saturated carbocycles. The molecule has 1 amide bonds. The van der Waals surface area contributed by atoms with Crippen LogP contribution in [0.3, 0.4) is 0 Å². The Balaban J connectivity index is 2.50. The van der Waals surface area contributed by atoms with Crippen LogP contribution >= 0.6 is 0 Å². The molecule has 1 rings (SSSR count). The zero-order chi connectivity index (χ0) is 15.1. The first-order valence-electron chi connectivity index (χ1n) is 6.69. The van der Waals surface area contributed by atoms with Gasteiger partial charge in [-0.1, -0.05) is 32.0 Å². The number of aromatic hydroxyl groups is 1. The standard InChI is InChI=1S/C15H21NO4/c1-10(2)9-12(15(19)20)16-14(18)8-7-11-5-3-4-6-13(11)17/h3-6,10,12,17H,7-9H2,1-2H3,(H,16,18)(H,19,20). The van der Waals surface area contributed by atoms with Crippen LogP contribution in [0.25, 0.3) is 0 Å². The third kappa shape index (κ3) is 5.30. The van der Waals surface area contributed by atoms with Crippen molar-refractivity contribution in [2.24, 2.45) is 5.92 Å². The van der Waals surface area contributed by atoms with E-state index in [-0.39, 0.29) is 24.0 Å². The van der Waals surface area contributed by atoms with Gasteiger partial charge >= 0.3 is 5.97 Å². The Labute approximate surface area is 118 Å². The highest BCUT2D eigenvalue weighted by Gasteiger charge is 2.20. The normalized spacial score (nSPS) is 12.2. The molecule has 0 aliphatic heterocycles. The lowest BCUT2D eigenvalue weighted by molar-refractivity contribution is -0.142. The van der Waals surface area contributed by atoms with E-state index in [1.807, 2.05) is 13.8 Å². The molecule has 1 aromatic carbocycles. The van der Waals surface area contributed by atoms with Crippen LogP contribution in [-0.2, 0) is 16.0 Å². The van der Waals surface area contributed by atoms with Crippen molar-refractivity contribution in [1.82, 2.24) is 5.32 Å². The van der Waals surface area contributed by atoms with Crippen molar-refractivity contribution in [1.29, 1.82) is 0 Å². The molecule has 0 fully saturated rings. The van der Waals surface area contributed by atoms with Gasteiger partial charge in [-0.15, -0.1) is 0 Å². The maximum absolute atomic E-state index is 11.8. The van der Waals surface area contributed by atoms with Gasteiger partial charge in [0.05, 0.1) is 0 Å². The monoisotopic (exact) mass is 279 g/mol. The smallest absolute Gasteiger partial charge is 0.326 e. The first-order chi connectivity index (χ1) is 9.40. The summed E-state index contributed by atoms with van der Waals surface area (Å²) >= 11 is 0. The fourth-order valence-corrected chi connectivity index (χ4v) is 1.93. The second-order valence-corrected chi connectivity index (χ2v) is 5.22. The summed E-state index contributed by atoms with van der Waals surface area (Å²) in [5, 5.41) is 21.1. The van der Waals surface area contributed by atoms with E-state index < -0.39 is 12.0 Å². The summed E-state index contributed by atoms with van der Waals surface area (Å²) in [5.74, 6) is -0.997. The summed E-state index contributed by atoms with van der Waals surface area (Å²) in [4.78, 5) is 22.8. The molecular formula is C15H21NO4. The number of rotatable bonds is 7. The highest BCUT2D eigenvalue weighted by molar-refractivity contribution is 5.83. The number of amides is 1. The zero-order valence-electron chi connectivity index (χ0n) is 11.8. The van der Waals surface area contributed by atoms with Crippen molar-refractivity contribution in [3.63, 3.8) is 0 Å². The van der Waals surface area contributed by atoms with Gasteiger partial charge in [0.1, 0.15) is 11.8 Å². The quantitative estimate of drug-likeness (QED) is 0.712. The lowest BCUT2D eigenvalue weighted by Crippen LogP contribution is -2.41. The van der Waals surface area contributed by atoms with Gasteiger partial charge < -0.3 is 15.5 Å². The van der Waals surface area contributed by atoms with Gasteiger partial charge in [-0.05, 0) is 30.4 Å². The fourth-order valence-electron chi connectivity index (χ4n) is 1.93. The second kappa shape index (κ2) is 7.53. The number of phenolic OH excluding ortho intramolecular Hbond substituents is 1. The molecule has 1 aromatic rings. The molecule has 5 nitrogen and oxygen atoms in total. The van der Waals surface area contributed by atoms with Crippen molar-refractivity contribution in [3.05, 3.63) is 29.8 Å². The Morgan fingerprint density at radius 3 is 2.45 bits per heavy atom. The highest BCUT2D eigenvalue weighted by atomic mass is 16.4. The van der Waals surface area contributed by atoms with E-state index in [1.54, 1.807) is 24.3 Å². The van der Waals surface area contributed by atoms with E-state index in [1.165, 1.54) is 0 Å². The van der Waals surface area contributed by atoms with E-state index in [0.717, 1.165) is 0 Å². The number of aryl methyl sites for hydroxylation is 1. The van der Waals surface area contributed by atoms with E-state index in [9.17, 15) is 14.7 Å². The summed E-state index contributed by atoms with van der Waals surface area (Å²) in [5.41, 5.74) is 0.679. The molecule has 1 unspecified atom stereocenters. The first kappa shape index (κ1) is 16.0. The van der Waals surface area contributed by atoms with E-state index in [0.29, 0.717) is 18.4 Å². The molecule has 5 heteroatoms. The molecule has 3 N–H and O–H groups in total. The average molecular weight is 279 g/mol. The number of carbonyl (C=O) groups excluding carboxylic acids is 1. The minimum Gasteiger partial charge on any atom is -0.508 e. The minimum absolute atomic E-state index is 0.150. The number of carboxylic acids is 1. The summed E-state index contributed by atoms with van der Waals surface area (Å²) in [6.07, 6.45) is 0.934. The molecule has 0 bridgehead atoms. The summed E-state index contributed by atoms with van der Waals surface area (Å²) in [7, 11) is 0. The molecule has 0 heterocycles. The van der Waals surface area contributed by atoms with Crippen LogP contribution < -0.4 is 5.32 Å². The fraction of sp³-hybridized carbons (Fsp3) is 0.467. The molecule has 0 aromatic heterocycles. The van der Waals surface area contributed by atoms with Gasteiger partial charge in [-0.3, -0.25) is 4.79 Å². The van der Waals surface area contributed by atoms with Crippen molar-refractivity contribution < 1.29 is 19.8 Å². The Morgan fingerprint density at radius 1 is 1.25 bits per heavy atom. The molecule has 20 heavy (non-hydrogen) atoms. The summed E-state index contributed by atoms with van der Waals surface area (Å²) in [6, 6.07) is 5.94. The van der Waals surface area contributed by atoms with Crippen LogP contribution in [0, 0.1) is 5.92 Å². The molecule has 1 atom stereocenters. The summed E-state index contributed by atoms with van der Waals surface area (Å²) in [6.45, 7) is 3.81. The molecule has 110 valence electrons. The van der Waals surface area contributed by atoms with Gasteiger partial charge in [-0.25, -0.2) is 4.79 Å². The number of nitrogens with one attached hydrogen (secondary N) is 1. The Bertz CT molecular complexity index is 471. The van der Waals surface area contributed by atoms with Crippen molar-refractivity contribution >= 4 is 11.9 Å². The van der Waals surface area contributed by atoms with Crippen LogP contribution in [0.4, 0.5) is 0 Å². The Morgan fingerprint density at radius 2 is 1.90 bits per heavy atom. The molecule has 0 spiro atoms. The maximum Gasteiger partial charge on any atom is 0.326 e. The molecule has 0 radical (unpaired) electrons. The Hall–Kier alpha value is -2.04. The van der Waals surface area contributed by atoms with Crippen LogP contribution in [-0.4, -0.2) is 28.1 Å². The van der Waals surface area contributed by atoms with Gasteiger partial charge in [0.2, 0.25) is 5.91 Å². The van der Waals surface area contributed by atoms with Gasteiger partial charge in [0.15, 0.2) is 0 Å². The lowest BCUT2D eigenvalue weighted by atomic mass is 10.0. The SMILES string of the molecule is CC(C)CC(NC(=O)CCc1ccccc1O)C(=O)O. The number of phenols is 1. The van der Waals surface area contributed by atoms with Crippen molar-refractivity contribution in [2.75, 3.05) is 0 Å². The molecule has 0 saturated heterocycles. The van der Waals surface area contributed by atoms with Crippen molar-refractivity contribution in [3.8, 4) is 5.75 Å². The number of aliphatic carboxylic acids is 1. The van der Waals surface area contributed by atoms with Crippen LogP contribution in [0.5, 0.6) is 5.75 Å². The topological polar surface area (TPSA) is 86.6 Å². The molecule has 0 aliphatic carbocycles. The number of carboxylic acid groups (broad SMARTS) is 1. The van der Waals surface area contributed by atoms with E-state index in [4.69, 9.17) is 5.11 Å². The largest absolute Gasteiger partial charge is 0.508 e. The molecular weight excluding hydrogens is 258 g/mol. The first-order valence-corrected chi connectivity index (χ1v) is 6.69. The lowest BCUT2D eigenvalue weighted by Gasteiger charge is -2.16. The maximum atomic E-state index is 11.8. The van der Waals surface area contributed by atoms with Crippen LogP contribution in [0.2, 0.25) is 0 Å². The van der Waals surface area contributed by atoms with E-state index in [2.05, 4.69) is 5.32 Å². The second-order valence-electron chi connectivity index (χ2n) is 5.22. The minimum atomic E-state index is -1.02. The van der Waals surface area contributed by atoms with Gasteiger partial charge in [-0.2, -0.15) is 0 Å².